The van der Waals surface area contributed by atoms with E-state index in [1.165, 1.54) is 4.88 Å². The zero-order valence-corrected chi connectivity index (χ0v) is 9.65. The zero-order chi connectivity index (χ0) is 10.1. The number of methoxy groups -OCH3 is 1. The van der Waals surface area contributed by atoms with E-state index in [-0.39, 0.29) is 0 Å². The van der Waals surface area contributed by atoms with Gasteiger partial charge in [0.2, 0.25) is 0 Å². The number of hydrogen-bond acceptors (Lipinski definition) is 4. The fourth-order valence-corrected chi connectivity index (χ4v) is 2.48. The molecule has 0 aliphatic heterocycles. The van der Waals surface area contributed by atoms with Crippen LogP contribution in [0.1, 0.15) is 23.4 Å². The summed E-state index contributed by atoms with van der Waals surface area (Å²) in [5, 5.41) is 4.49. The van der Waals surface area contributed by atoms with Crippen LogP contribution >= 0.6 is 11.3 Å². The van der Waals surface area contributed by atoms with E-state index >= 15 is 0 Å². The molecule has 3 nitrogen and oxygen atoms in total. The van der Waals surface area contributed by atoms with E-state index in [1.807, 2.05) is 0 Å². The van der Waals surface area contributed by atoms with Crippen LogP contribution in [0.25, 0.3) is 0 Å². The maximum absolute atomic E-state index is 5.23. The molecule has 1 aromatic heterocycles. The first kappa shape index (κ1) is 9.93. The number of anilines is 1. The van der Waals surface area contributed by atoms with Crippen molar-refractivity contribution in [1.82, 2.24) is 4.98 Å². The number of aromatic nitrogens is 1. The van der Waals surface area contributed by atoms with Crippen molar-refractivity contribution in [3.8, 4) is 0 Å². The molecule has 1 saturated carbocycles. The normalized spacial score (nSPS) is 25.9. The lowest BCUT2D eigenvalue weighted by Crippen LogP contribution is -2.40. The number of nitrogens with one attached hydrogen (secondary N) is 1. The molecule has 0 atom stereocenters. The second kappa shape index (κ2) is 3.87. The lowest BCUT2D eigenvalue weighted by Gasteiger charge is -2.34. The Morgan fingerprint density at radius 2 is 2.14 bits per heavy atom. The van der Waals surface area contributed by atoms with E-state index in [0.717, 1.165) is 23.7 Å². The summed E-state index contributed by atoms with van der Waals surface area (Å²) in [7, 11) is 1.78. The van der Waals surface area contributed by atoms with Gasteiger partial charge in [-0.1, -0.05) is 0 Å². The van der Waals surface area contributed by atoms with Crippen LogP contribution in [-0.2, 0) is 4.74 Å². The van der Waals surface area contributed by atoms with Gasteiger partial charge in [-0.15, -0.1) is 11.3 Å². The Hall–Kier alpha value is -0.610. The lowest BCUT2D eigenvalue weighted by molar-refractivity contribution is 0.0328. The van der Waals surface area contributed by atoms with Gasteiger partial charge in [0.25, 0.3) is 0 Å². The van der Waals surface area contributed by atoms with Gasteiger partial charge in [-0.2, -0.15) is 0 Å². The number of thiazole rings is 1. The monoisotopic (exact) mass is 212 g/mol. The Kier molecular flexibility index (Phi) is 2.74. The first-order chi connectivity index (χ1) is 6.69. The first-order valence-electron chi connectivity index (χ1n) is 4.92. The van der Waals surface area contributed by atoms with Crippen LogP contribution in [0.15, 0.2) is 0 Å². The number of nitrogens with zero attached hydrogens (tertiary/aromatic N) is 1. The number of ether oxygens (including phenoxy) is 1. The molecule has 0 spiro atoms. The molecule has 0 radical (unpaired) electrons. The highest BCUT2D eigenvalue weighted by molar-refractivity contribution is 7.15. The minimum atomic E-state index is 0.453. The van der Waals surface area contributed by atoms with Gasteiger partial charge < -0.3 is 10.1 Å². The molecule has 78 valence electrons. The molecule has 0 saturated heterocycles. The van der Waals surface area contributed by atoms with Gasteiger partial charge in [0, 0.05) is 18.0 Å². The van der Waals surface area contributed by atoms with Gasteiger partial charge in [0.15, 0.2) is 5.13 Å². The highest BCUT2D eigenvalue weighted by atomic mass is 32.1. The van der Waals surface area contributed by atoms with Crippen LogP contribution in [0.3, 0.4) is 0 Å². The molecule has 1 fully saturated rings. The van der Waals surface area contributed by atoms with E-state index in [4.69, 9.17) is 4.74 Å². The van der Waals surface area contributed by atoms with Crippen molar-refractivity contribution < 1.29 is 4.74 Å². The Bertz CT molecular complexity index is 298. The van der Waals surface area contributed by atoms with Gasteiger partial charge >= 0.3 is 0 Å². The Labute approximate surface area is 88.5 Å². The summed E-state index contributed by atoms with van der Waals surface area (Å²) in [6.45, 7) is 4.16. The second-order valence-corrected chi connectivity index (χ2v) is 5.03. The van der Waals surface area contributed by atoms with Crippen molar-refractivity contribution >= 4 is 16.5 Å². The fourth-order valence-electron chi connectivity index (χ4n) is 1.59. The number of rotatable bonds is 3. The smallest absolute Gasteiger partial charge is 0.183 e. The molecule has 14 heavy (non-hydrogen) atoms. The molecule has 1 aliphatic rings. The van der Waals surface area contributed by atoms with Crippen LogP contribution in [0.5, 0.6) is 0 Å². The third-order valence-electron chi connectivity index (χ3n) is 2.78. The maximum atomic E-state index is 5.23. The van der Waals surface area contributed by atoms with Crippen molar-refractivity contribution in [3.05, 3.63) is 10.6 Å². The predicted octanol–water partition coefficient (Wildman–Crippen LogP) is 2.35. The van der Waals surface area contributed by atoms with E-state index in [2.05, 4.69) is 24.1 Å². The van der Waals surface area contributed by atoms with Gasteiger partial charge in [-0.3, -0.25) is 0 Å². The lowest BCUT2D eigenvalue weighted by atomic mass is 9.89. The summed E-state index contributed by atoms with van der Waals surface area (Å²) in [5.41, 5.74) is 1.14. The highest BCUT2D eigenvalue weighted by Gasteiger charge is 2.29. The molecule has 4 heteroatoms. The van der Waals surface area contributed by atoms with E-state index in [1.54, 1.807) is 18.4 Å². The molecule has 2 rings (SSSR count). The van der Waals surface area contributed by atoms with Crippen LogP contribution in [0, 0.1) is 13.8 Å². The van der Waals surface area contributed by atoms with Crippen LogP contribution in [0.2, 0.25) is 0 Å². The summed E-state index contributed by atoms with van der Waals surface area (Å²) in [6.07, 6.45) is 2.66. The topological polar surface area (TPSA) is 34.1 Å². The fraction of sp³-hybridized carbons (Fsp3) is 0.700. The van der Waals surface area contributed by atoms with Crippen LogP contribution in [0.4, 0.5) is 5.13 Å². The molecular formula is C10H16N2OS. The van der Waals surface area contributed by atoms with E-state index in [9.17, 15) is 0 Å². The van der Waals surface area contributed by atoms with Crippen molar-refractivity contribution in [2.75, 3.05) is 12.4 Å². The Morgan fingerprint density at radius 3 is 2.64 bits per heavy atom. The first-order valence-corrected chi connectivity index (χ1v) is 5.74. The summed E-state index contributed by atoms with van der Waals surface area (Å²) in [4.78, 5) is 5.75. The summed E-state index contributed by atoms with van der Waals surface area (Å²) in [5.74, 6) is 0. The van der Waals surface area contributed by atoms with Gasteiger partial charge in [0.1, 0.15) is 0 Å². The highest BCUT2D eigenvalue weighted by Crippen LogP contribution is 2.29. The molecule has 1 heterocycles. The van der Waals surface area contributed by atoms with Gasteiger partial charge in [0.05, 0.1) is 11.8 Å². The Balaban J connectivity index is 1.87. The number of aryl methyl sites for hydroxylation is 2. The number of hydrogen-bond donors (Lipinski definition) is 1. The Morgan fingerprint density at radius 1 is 1.43 bits per heavy atom. The van der Waals surface area contributed by atoms with Gasteiger partial charge in [-0.25, -0.2) is 4.98 Å². The summed E-state index contributed by atoms with van der Waals surface area (Å²) >= 11 is 1.74. The van der Waals surface area contributed by atoms with Crippen molar-refractivity contribution in [1.29, 1.82) is 0 Å². The third-order valence-corrected chi connectivity index (χ3v) is 3.79. The average molecular weight is 212 g/mol. The van der Waals surface area contributed by atoms with E-state index in [0.29, 0.717) is 12.1 Å². The molecule has 1 aliphatic carbocycles. The second-order valence-electron chi connectivity index (χ2n) is 3.83. The van der Waals surface area contributed by atoms with Crippen LogP contribution < -0.4 is 5.32 Å². The molecule has 1 N–H and O–H groups in total. The summed E-state index contributed by atoms with van der Waals surface area (Å²) in [6, 6.07) is 0.560. The minimum absolute atomic E-state index is 0.453. The average Bonchev–Trinajstić information content (AvgIpc) is 2.38. The van der Waals surface area contributed by atoms with Crippen molar-refractivity contribution in [2.24, 2.45) is 0 Å². The summed E-state index contributed by atoms with van der Waals surface area (Å²) < 4.78 is 5.23. The SMILES string of the molecule is COC1CC(Nc2nc(C)c(C)s2)C1. The molecule has 0 amide bonds. The maximum Gasteiger partial charge on any atom is 0.183 e. The molecule has 0 aromatic carbocycles. The quantitative estimate of drug-likeness (QED) is 0.835. The van der Waals surface area contributed by atoms with Gasteiger partial charge in [-0.05, 0) is 26.7 Å². The molecule has 0 bridgehead atoms. The van der Waals surface area contributed by atoms with E-state index < -0.39 is 0 Å². The standard InChI is InChI=1S/C10H16N2OS/c1-6-7(2)14-10(11-6)12-8-4-9(5-8)13-3/h8-9H,4-5H2,1-3H3,(H,11,12). The third kappa shape index (κ3) is 1.91. The van der Waals surface area contributed by atoms with Crippen LogP contribution in [-0.4, -0.2) is 24.2 Å². The van der Waals surface area contributed by atoms with Crippen molar-refractivity contribution in [3.63, 3.8) is 0 Å². The minimum Gasteiger partial charge on any atom is -0.381 e. The largest absolute Gasteiger partial charge is 0.381 e. The molecule has 0 unspecified atom stereocenters. The zero-order valence-electron chi connectivity index (χ0n) is 8.83. The molecule has 1 aromatic rings. The van der Waals surface area contributed by atoms with Crippen molar-refractivity contribution in [2.45, 2.75) is 38.8 Å². The molecular weight excluding hydrogens is 196 g/mol. The predicted molar refractivity (Wildman–Crippen MR) is 59.0 cm³/mol.